The first kappa shape index (κ1) is 21.5. The van der Waals surface area contributed by atoms with Crippen LogP contribution >= 0.6 is 0 Å². The number of carboxylic acids is 1. The molecular formula is C12H16Na2O2. The van der Waals surface area contributed by atoms with Crippen molar-refractivity contribution in [2.75, 3.05) is 0 Å². The topological polar surface area (TPSA) is 37.3 Å². The molecule has 0 aliphatic carbocycles. The van der Waals surface area contributed by atoms with Crippen LogP contribution in [0.2, 0.25) is 0 Å². The number of hydrogen-bond donors (Lipinski definition) is 1. The molecular weight excluding hydrogens is 222 g/mol. The second kappa shape index (κ2) is 13.2. The van der Waals surface area contributed by atoms with Gasteiger partial charge in [0, 0.05) is 5.57 Å². The van der Waals surface area contributed by atoms with Crippen molar-refractivity contribution in [3.8, 4) is 0 Å². The molecule has 16 heavy (non-hydrogen) atoms. The van der Waals surface area contributed by atoms with Crippen LogP contribution in [0.5, 0.6) is 0 Å². The summed E-state index contributed by atoms with van der Waals surface area (Å²) in [5.74, 6) is -0.935. The van der Waals surface area contributed by atoms with Gasteiger partial charge < -0.3 is 7.96 Å². The van der Waals surface area contributed by atoms with Gasteiger partial charge in [-0.15, -0.1) is 0 Å². The maximum atomic E-state index is 9.60. The van der Waals surface area contributed by atoms with E-state index in [-0.39, 0.29) is 67.5 Å². The van der Waals surface area contributed by atoms with Gasteiger partial charge in [-0.05, 0) is 12.5 Å². The van der Waals surface area contributed by atoms with Crippen molar-refractivity contribution in [3.05, 3.63) is 54.6 Å². The fourth-order valence-electron chi connectivity index (χ4n) is 0.589. The van der Waals surface area contributed by atoms with Crippen LogP contribution in [-0.4, -0.2) is 11.1 Å². The predicted octanol–water partition coefficient (Wildman–Crippen LogP) is -2.79. The van der Waals surface area contributed by atoms with E-state index in [1.165, 1.54) is 12.5 Å². The van der Waals surface area contributed by atoms with E-state index in [0.717, 1.165) is 0 Å². The van der Waals surface area contributed by atoms with E-state index in [9.17, 15) is 4.79 Å². The molecule has 0 spiro atoms. The Balaban J connectivity index is -0.0000000527. The molecule has 0 aromatic heterocycles. The molecule has 0 heterocycles. The molecule has 2 nitrogen and oxygen atoms in total. The van der Waals surface area contributed by atoms with Gasteiger partial charge in [0.2, 0.25) is 0 Å². The summed E-state index contributed by atoms with van der Waals surface area (Å²) in [6, 6.07) is 10.0. The molecule has 0 fully saturated rings. The van der Waals surface area contributed by atoms with Crippen LogP contribution in [0, 0.1) is 0 Å². The van der Waals surface area contributed by atoms with Gasteiger partial charge in [-0.2, -0.15) is 0 Å². The second-order valence-corrected chi connectivity index (χ2v) is 2.70. The zero-order valence-electron chi connectivity index (χ0n) is 12.2. The summed E-state index contributed by atoms with van der Waals surface area (Å²) in [6.45, 7) is 8.23. The zero-order chi connectivity index (χ0) is 11.0. The summed E-state index contributed by atoms with van der Waals surface area (Å²) in [5.41, 5.74) is 1.35. The third-order valence-electron chi connectivity index (χ3n) is 1.40. The Morgan fingerprint density at radius 2 is 1.69 bits per heavy atom. The van der Waals surface area contributed by atoms with Gasteiger partial charge >= 0.3 is 65.1 Å². The Hall–Kier alpha value is 0.170. The van der Waals surface area contributed by atoms with Crippen molar-refractivity contribution in [2.24, 2.45) is 0 Å². The maximum Gasteiger partial charge on any atom is 1.00 e. The Kier molecular flexibility index (Phi) is 17.7. The molecule has 0 saturated carbocycles. The fraction of sp³-hybridized carbons (Fsp3) is 0.0833. The average Bonchev–Trinajstić information content (AvgIpc) is 2.20. The van der Waals surface area contributed by atoms with Gasteiger partial charge in [0.05, 0.1) is 0 Å². The van der Waals surface area contributed by atoms with E-state index in [1.54, 1.807) is 0 Å². The van der Waals surface area contributed by atoms with Gasteiger partial charge in [0.15, 0.2) is 0 Å². The summed E-state index contributed by atoms with van der Waals surface area (Å²) in [6.07, 6.45) is 1.83. The van der Waals surface area contributed by atoms with E-state index in [0.29, 0.717) is 0 Å². The molecule has 1 rings (SSSR count). The molecule has 0 saturated heterocycles. The van der Waals surface area contributed by atoms with E-state index in [2.05, 4.69) is 13.2 Å². The molecule has 4 heteroatoms. The summed E-state index contributed by atoms with van der Waals surface area (Å²) >= 11 is 0. The Morgan fingerprint density at radius 3 is 1.88 bits per heavy atom. The Morgan fingerprint density at radius 1 is 1.31 bits per heavy atom. The Labute approximate surface area is 144 Å². The van der Waals surface area contributed by atoms with Gasteiger partial charge in [-0.25, -0.2) is 4.79 Å². The molecule has 0 amide bonds. The van der Waals surface area contributed by atoms with Gasteiger partial charge in [-0.3, -0.25) is 0 Å². The minimum Gasteiger partial charge on any atom is -1.00 e. The predicted molar refractivity (Wildman–Crippen MR) is 61.2 cm³/mol. The van der Waals surface area contributed by atoms with E-state index in [1.807, 2.05) is 36.4 Å². The number of carbonyl (C=O) groups is 1. The van der Waals surface area contributed by atoms with Crippen molar-refractivity contribution >= 4 is 12.0 Å². The molecule has 1 N–H and O–H groups in total. The van der Waals surface area contributed by atoms with Crippen molar-refractivity contribution in [3.63, 3.8) is 0 Å². The molecule has 1 aromatic carbocycles. The smallest absolute Gasteiger partial charge is 1.00 e. The molecule has 0 bridgehead atoms. The Bertz CT molecular complexity index is 318. The first-order valence-electron chi connectivity index (χ1n) is 4.14. The first-order chi connectivity index (χ1) is 6.57. The molecule has 1 aromatic rings. The van der Waals surface area contributed by atoms with Crippen LogP contribution in [0.3, 0.4) is 0 Å². The first-order valence-corrected chi connectivity index (χ1v) is 4.14. The quantitative estimate of drug-likeness (QED) is 0.447. The molecule has 0 unspecified atom stereocenters. The van der Waals surface area contributed by atoms with Crippen molar-refractivity contribution in [1.29, 1.82) is 0 Å². The summed E-state index contributed by atoms with van der Waals surface area (Å²) in [4.78, 5) is 9.60. The van der Waals surface area contributed by atoms with Gasteiger partial charge in [0.25, 0.3) is 0 Å². The fourth-order valence-corrected chi connectivity index (χ4v) is 0.589. The molecule has 0 radical (unpaired) electrons. The molecule has 0 atom stereocenters. The summed E-state index contributed by atoms with van der Waals surface area (Å²) in [7, 11) is 0. The standard InChI is InChI=1S/C8H8.C4H6O2.2Na.2H/c1-2-8-6-4-3-5-7-8;1-3(2)4(5)6;;;;/h2-7H,1H2;1H2,2H3,(H,5,6);;;;/q;;2*+1;2*-1. The molecule has 0 aliphatic rings. The van der Waals surface area contributed by atoms with E-state index in [4.69, 9.17) is 5.11 Å². The number of aliphatic carboxylic acids is 1. The van der Waals surface area contributed by atoms with Crippen LogP contribution in [0.25, 0.3) is 6.08 Å². The summed E-state index contributed by atoms with van der Waals surface area (Å²) < 4.78 is 0. The zero-order valence-corrected chi connectivity index (χ0v) is 14.2. The van der Waals surface area contributed by atoms with Crippen molar-refractivity contribution in [2.45, 2.75) is 6.92 Å². The number of carboxylic acid groups (broad SMARTS) is 1. The number of rotatable bonds is 2. The van der Waals surface area contributed by atoms with Crippen LogP contribution in [-0.2, 0) is 4.79 Å². The average molecular weight is 238 g/mol. The third kappa shape index (κ3) is 12.2. The van der Waals surface area contributed by atoms with Crippen molar-refractivity contribution < 1.29 is 71.9 Å². The van der Waals surface area contributed by atoms with Gasteiger partial charge in [0.1, 0.15) is 0 Å². The van der Waals surface area contributed by atoms with E-state index >= 15 is 0 Å². The van der Waals surface area contributed by atoms with Crippen LogP contribution in [0.1, 0.15) is 15.3 Å². The third-order valence-corrected chi connectivity index (χ3v) is 1.40. The SMILES string of the molecule is C=C(C)C(=O)O.C=Cc1ccccc1.[H-].[H-].[Na+].[Na+]. The monoisotopic (exact) mass is 238 g/mol. The van der Waals surface area contributed by atoms with Crippen molar-refractivity contribution in [1.82, 2.24) is 0 Å². The number of benzene rings is 1. The normalized spacial score (nSPS) is 7.06. The summed E-state index contributed by atoms with van der Waals surface area (Å²) in [5, 5.41) is 7.89. The van der Waals surface area contributed by atoms with Crippen LogP contribution < -0.4 is 59.1 Å². The molecule has 0 aliphatic heterocycles. The van der Waals surface area contributed by atoms with E-state index < -0.39 is 5.97 Å². The number of hydrogen-bond acceptors (Lipinski definition) is 1. The van der Waals surface area contributed by atoms with Crippen LogP contribution in [0.4, 0.5) is 0 Å². The molecule has 78 valence electrons. The second-order valence-electron chi connectivity index (χ2n) is 2.70. The van der Waals surface area contributed by atoms with Crippen LogP contribution in [0.15, 0.2) is 49.1 Å². The van der Waals surface area contributed by atoms with Gasteiger partial charge in [-0.1, -0.05) is 49.6 Å². The maximum absolute atomic E-state index is 9.60. The largest absolute Gasteiger partial charge is 1.00 e. The minimum atomic E-state index is -0.935. The minimum absolute atomic E-state index is 0.